The van der Waals surface area contributed by atoms with Gasteiger partial charge in [0.1, 0.15) is 21.3 Å². The van der Waals surface area contributed by atoms with E-state index in [9.17, 15) is 10.1 Å². The van der Waals surface area contributed by atoms with Crippen LogP contribution < -0.4 is 15.8 Å². The van der Waals surface area contributed by atoms with Crippen LogP contribution in [0.15, 0.2) is 60.7 Å². The quantitative estimate of drug-likeness (QED) is 0.475. The lowest BCUT2D eigenvalue weighted by Gasteiger charge is -2.11. The second-order valence-electron chi connectivity index (χ2n) is 6.42. The molecule has 3 N–H and O–H groups in total. The summed E-state index contributed by atoms with van der Waals surface area (Å²) in [5, 5.41) is 13.3. The van der Waals surface area contributed by atoms with Crippen LogP contribution in [0.25, 0.3) is 21.3 Å². The van der Waals surface area contributed by atoms with Gasteiger partial charge in [-0.05, 0) is 24.6 Å². The minimum Gasteiger partial charge on any atom is -0.477 e. The van der Waals surface area contributed by atoms with Gasteiger partial charge < -0.3 is 15.8 Å². The van der Waals surface area contributed by atoms with E-state index < -0.39 is 0 Å². The zero-order valence-corrected chi connectivity index (χ0v) is 17.0. The Labute approximate surface area is 177 Å². The molecule has 0 aliphatic carbocycles. The van der Waals surface area contributed by atoms with Gasteiger partial charge in [-0.1, -0.05) is 48.5 Å². The summed E-state index contributed by atoms with van der Waals surface area (Å²) in [6.45, 7) is 2.19. The first kappa shape index (κ1) is 19.4. The molecule has 0 saturated heterocycles. The number of carbonyl (C=O) groups excluding carboxylic acids is 1. The van der Waals surface area contributed by atoms with E-state index >= 15 is 0 Å². The standard InChI is InChI=1S/C23H18N4O2S/c1-2-29-22-16(13-24)17(14-9-5-3-6-10-14)18-19(25)20(30-23(18)27-22)21(28)26-15-11-7-4-8-12-15/h3-12H,2,25H2,1H3,(H,26,28). The molecule has 2 heterocycles. The van der Waals surface area contributed by atoms with Crippen molar-refractivity contribution in [3.8, 4) is 23.1 Å². The van der Waals surface area contributed by atoms with Crippen LogP contribution in [0.1, 0.15) is 22.2 Å². The van der Waals surface area contributed by atoms with Crippen LogP contribution >= 0.6 is 11.3 Å². The van der Waals surface area contributed by atoms with Crippen LogP contribution in [0.5, 0.6) is 5.88 Å². The smallest absolute Gasteiger partial charge is 0.267 e. The average Bonchev–Trinajstić information content (AvgIpc) is 3.10. The molecule has 4 rings (SSSR count). The molecule has 2 aromatic heterocycles. The summed E-state index contributed by atoms with van der Waals surface area (Å²) >= 11 is 1.18. The molecule has 0 unspecified atom stereocenters. The minimum absolute atomic E-state index is 0.239. The molecule has 6 nitrogen and oxygen atoms in total. The van der Waals surface area contributed by atoms with E-state index in [4.69, 9.17) is 10.5 Å². The molecular weight excluding hydrogens is 396 g/mol. The van der Waals surface area contributed by atoms with Crippen molar-refractivity contribution in [2.75, 3.05) is 17.7 Å². The number of nitriles is 1. The number of para-hydroxylation sites is 1. The molecule has 0 radical (unpaired) electrons. The van der Waals surface area contributed by atoms with Crippen LogP contribution in [0, 0.1) is 11.3 Å². The zero-order valence-electron chi connectivity index (χ0n) is 16.2. The molecule has 0 fully saturated rings. The second kappa shape index (κ2) is 8.23. The molecule has 7 heteroatoms. The van der Waals surface area contributed by atoms with Gasteiger partial charge in [-0.15, -0.1) is 11.3 Å². The van der Waals surface area contributed by atoms with E-state index in [1.807, 2.05) is 55.5 Å². The highest BCUT2D eigenvalue weighted by Gasteiger charge is 2.25. The predicted molar refractivity (Wildman–Crippen MR) is 120 cm³/mol. The number of nitrogens with two attached hydrogens (primary N) is 1. The Kier molecular flexibility index (Phi) is 5.33. The van der Waals surface area contributed by atoms with Gasteiger partial charge >= 0.3 is 0 Å². The Morgan fingerprint density at radius 2 is 1.83 bits per heavy atom. The number of ether oxygens (including phenoxy) is 1. The van der Waals surface area contributed by atoms with Gasteiger partial charge in [0.15, 0.2) is 0 Å². The summed E-state index contributed by atoms with van der Waals surface area (Å²) in [6.07, 6.45) is 0. The fourth-order valence-corrected chi connectivity index (χ4v) is 4.24. The van der Waals surface area contributed by atoms with E-state index in [2.05, 4.69) is 16.4 Å². The molecule has 30 heavy (non-hydrogen) atoms. The van der Waals surface area contributed by atoms with Crippen molar-refractivity contribution in [3.63, 3.8) is 0 Å². The lowest BCUT2D eigenvalue weighted by Crippen LogP contribution is -2.11. The number of pyridine rings is 1. The Morgan fingerprint density at radius 3 is 2.47 bits per heavy atom. The number of aromatic nitrogens is 1. The molecule has 4 aromatic rings. The third-order valence-electron chi connectivity index (χ3n) is 4.54. The summed E-state index contributed by atoms with van der Waals surface area (Å²) in [7, 11) is 0. The van der Waals surface area contributed by atoms with E-state index in [-0.39, 0.29) is 11.8 Å². The Bertz CT molecular complexity index is 1260. The van der Waals surface area contributed by atoms with Crippen LogP contribution in [-0.2, 0) is 0 Å². The number of carbonyl (C=O) groups is 1. The minimum atomic E-state index is -0.322. The molecule has 2 aromatic carbocycles. The van der Waals surface area contributed by atoms with E-state index in [0.29, 0.717) is 44.2 Å². The maximum Gasteiger partial charge on any atom is 0.267 e. The first-order chi connectivity index (χ1) is 14.6. The van der Waals surface area contributed by atoms with Gasteiger partial charge in [-0.2, -0.15) is 5.26 Å². The monoisotopic (exact) mass is 414 g/mol. The van der Waals surface area contributed by atoms with Crippen molar-refractivity contribution in [2.24, 2.45) is 0 Å². The summed E-state index contributed by atoms with van der Waals surface area (Å²) in [6, 6.07) is 20.8. The maximum atomic E-state index is 12.9. The molecule has 0 saturated carbocycles. The molecule has 0 atom stereocenters. The third-order valence-corrected chi connectivity index (χ3v) is 5.63. The highest BCUT2D eigenvalue weighted by atomic mass is 32.1. The largest absolute Gasteiger partial charge is 0.477 e. The lowest BCUT2D eigenvalue weighted by atomic mass is 9.97. The number of anilines is 2. The molecule has 148 valence electrons. The highest BCUT2D eigenvalue weighted by Crippen LogP contribution is 2.43. The number of hydrogen-bond acceptors (Lipinski definition) is 6. The van der Waals surface area contributed by atoms with Crippen molar-refractivity contribution in [1.29, 1.82) is 5.26 Å². The number of nitrogens with one attached hydrogen (secondary N) is 1. The van der Waals surface area contributed by atoms with Crippen molar-refractivity contribution in [2.45, 2.75) is 6.92 Å². The summed E-state index contributed by atoms with van der Waals surface area (Å²) in [4.78, 5) is 18.3. The van der Waals surface area contributed by atoms with Crippen LogP contribution in [0.2, 0.25) is 0 Å². The summed E-state index contributed by atoms with van der Waals surface area (Å²) < 4.78 is 5.64. The van der Waals surface area contributed by atoms with E-state index in [1.165, 1.54) is 11.3 Å². The van der Waals surface area contributed by atoms with Crippen molar-refractivity contribution in [3.05, 3.63) is 71.1 Å². The van der Waals surface area contributed by atoms with Gasteiger partial charge in [-0.3, -0.25) is 4.79 Å². The number of thiophene rings is 1. The maximum absolute atomic E-state index is 12.9. The number of rotatable bonds is 5. The lowest BCUT2D eigenvalue weighted by molar-refractivity contribution is 0.103. The Balaban J connectivity index is 1.94. The van der Waals surface area contributed by atoms with E-state index in [1.54, 1.807) is 12.1 Å². The number of fused-ring (bicyclic) bond motifs is 1. The number of nitrogens with zero attached hydrogens (tertiary/aromatic N) is 2. The first-order valence-electron chi connectivity index (χ1n) is 9.34. The molecule has 0 aliphatic rings. The highest BCUT2D eigenvalue weighted by molar-refractivity contribution is 7.21. The zero-order chi connectivity index (χ0) is 21.1. The summed E-state index contributed by atoms with van der Waals surface area (Å²) in [5.41, 5.74) is 9.14. The number of amides is 1. The van der Waals surface area contributed by atoms with Crippen molar-refractivity contribution in [1.82, 2.24) is 4.98 Å². The number of benzene rings is 2. The van der Waals surface area contributed by atoms with Gasteiger partial charge in [0.2, 0.25) is 5.88 Å². The second-order valence-corrected chi connectivity index (χ2v) is 7.42. The van der Waals surface area contributed by atoms with Gasteiger partial charge in [0.25, 0.3) is 5.91 Å². The van der Waals surface area contributed by atoms with E-state index in [0.717, 1.165) is 5.56 Å². The predicted octanol–water partition coefficient (Wildman–Crippen LogP) is 5.07. The molecule has 0 spiro atoms. The average molecular weight is 414 g/mol. The Hall–Kier alpha value is -3.89. The number of nitrogen functional groups attached to an aromatic ring is 1. The topological polar surface area (TPSA) is 101 Å². The van der Waals surface area contributed by atoms with Crippen molar-refractivity contribution >= 4 is 38.8 Å². The van der Waals surface area contributed by atoms with Crippen LogP contribution in [0.4, 0.5) is 11.4 Å². The third kappa shape index (κ3) is 3.45. The van der Waals surface area contributed by atoms with Crippen LogP contribution in [0.3, 0.4) is 0 Å². The van der Waals surface area contributed by atoms with Gasteiger partial charge in [-0.25, -0.2) is 4.98 Å². The van der Waals surface area contributed by atoms with Gasteiger partial charge in [0.05, 0.1) is 12.3 Å². The fourth-order valence-electron chi connectivity index (χ4n) is 3.25. The normalized spacial score (nSPS) is 10.5. The SMILES string of the molecule is CCOc1nc2sc(C(=O)Nc3ccccc3)c(N)c2c(-c2ccccc2)c1C#N. The Morgan fingerprint density at radius 1 is 1.17 bits per heavy atom. The molecule has 0 bridgehead atoms. The molecule has 1 amide bonds. The van der Waals surface area contributed by atoms with Gasteiger partial charge in [0, 0.05) is 16.6 Å². The molecule has 0 aliphatic heterocycles. The fraction of sp³-hybridized carbons (Fsp3) is 0.0870. The summed E-state index contributed by atoms with van der Waals surface area (Å²) in [5.74, 6) is -0.0835. The molecular formula is C23H18N4O2S. The first-order valence-corrected chi connectivity index (χ1v) is 10.2. The van der Waals surface area contributed by atoms with Crippen molar-refractivity contribution < 1.29 is 9.53 Å². The number of hydrogen-bond donors (Lipinski definition) is 2. The van der Waals surface area contributed by atoms with Crippen LogP contribution in [-0.4, -0.2) is 17.5 Å².